The summed E-state index contributed by atoms with van der Waals surface area (Å²) >= 11 is 0. The Labute approximate surface area is 116 Å². The number of sulfone groups is 1. The van der Waals surface area contributed by atoms with E-state index in [1.165, 1.54) is 6.92 Å². The van der Waals surface area contributed by atoms with Crippen LogP contribution in [0.4, 0.5) is 0 Å². The molecule has 0 aromatic heterocycles. The van der Waals surface area contributed by atoms with Crippen LogP contribution in [-0.4, -0.2) is 37.7 Å². The maximum atomic E-state index is 11.7. The normalized spacial score (nSPS) is 13.3. The Balaban J connectivity index is 4.40. The molecule has 0 aliphatic heterocycles. The molecule has 1 N–H and O–H groups in total. The van der Waals surface area contributed by atoms with Crippen molar-refractivity contribution in [3.63, 3.8) is 0 Å². The smallest absolute Gasteiger partial charge is 0.235 e. The summed E-state index contributed by atoms with van der Waals surface area (Å²) in [5, 5.41) is 2.49. The molecule has 0 aliphatic carbocycles. The van der Waals surface area contributed by atoms with Gasteiger partial charge in [-0.15, -0.1) is 0 Å². The van der Waals surface area contributed by atoms with E-state index in [1.54, 1.807) is 0 Å². The van der Waals surface area contributed by atoms with Crippen molar-refractivity contribution in [1.82, 2.24) is 5.32 Å². The van der Waals surface area contributed by atoms with Crippen molar-refractivity contribution in [2.75, 3.05) is 11.5 Å². The fourth-order valence-electron chi connectivity index (χ4n) is 1.80. The first kappa shape index (κ1) is 18.1. The first-order valence-electron chi connectivity index (χ1n) is 6.69. The van der Waals surface area contributed by atoms with Crippen molar-refractivity contribution in [2.24, 2.45) is 5.92 Å². The molecule has 1 atom stereocenters. The Morgan fingerprint density at radius 1 is 1.16 bits per heavy atom. The molecule has 0 heterocycles. The molecule has 0 bridgehead atoms. The number of carbonyl (C=O) groups excluding carboxylic acids is 2. The number of carbonyl (C=O) groups is 2. The number of Topliss-reactive ketones (excluding diaryl/α,β-unsaturated/α-hetero) is 1. The van der Waals surface area contributed by atoms with Crippen molar-refractivity contribution >= 4 is 21.5 Å². The highest BCUT2D eigenvalue weighted by atomic mass is 32.2. The van der Waals surface area contributed by atoms with E-state index in [-0.39, 0.29) is 17.5 Å². The van der Waals surface area contributed by atoms with Gasteiger partial charge in [0.15, 0.2) is 15.6 Å². The summed E-state index contributed by atoms with van der Waals surface area (Å²) < 4.78 is 23.4. The summed E-state index contributed by atoms with van der Waals surface area (Å²) in [5.74, 6) is -1.31. The molecule has 0 saturated carbocycles. The Hall–Kier alpha value is -0.910. The predicted octanol–water partition coefficient (Wildman–Crippen LogP) is 1.32. The molecule has 6 heteroatoms. The Bertz CT molecular complexity index is 401. The molecule has 0 saturated heterocycles. The van der Waals surface area contributed by atoms with Gasteiger partial charge < -0.3 is 5.32 Å². The van der Waals surface area contributed by atoms with Crippen LogP contribution in [0.15, 0.2) is 0 Å². The quantitative estimate of drug-likeness (QED) is 0.650. The Morgan fingerprint density at radius 3 is 2.16 bits per heavy atom. The largest absolute Gasteiger partial charge is 0.345 e. The van der Waals surface area contributed by atoms with E-state index in [0.717, 1.165) is 12.8 Å². The van der Waals surface area contributed by atoms with Gasteiger partial charge in [-0.2, -0.15) is 0 Å². The minimum Gasteiger partial charge on any atom is -0.345 e. The summed E-state index contributed by atoms with van der Waals surface area (Å²) in [6.07, 6.45) is 2.34. The summed E-state index contributed by atoms with van der Waals surface area (Å²) in [5.41, 5.74) is 0. The molecular weight excluding hydrogens is 266 g/mol. The zero-order chi connectivity index (χ0) is 15.1. The van der Waals surface area contributed by atoms with Crippen molar-refractivity contribution in [3.8, 4) is 0 Å². The third kappa shape index (κ3) is 7.97. The van der Waals surface area contributed by atoms with Crippen LogP contribution in [0.1, 0.15) is 47.0 Å². The first-order chi connectivity index (χ1) is 8.69. The summed E-state index contributed by atoms with van der Waals surface area (Å²) in [6.45, 7) is 6.99. The molecule has 0 aliphatic rings. The van der Waals surface area contributed by atoms with Crippen LogP contribution in [0, 0.1) is 5.92 Å². The number of nitrogens with one attached hydrogen (secondary N) is 1. The van der Waals surface area contributed by atoms with E-state index in [9.17, 15) is 18.0 Å². The monoisotopic (exact) mass is 291 g/mol. The van der Waals surface area contributed by atoms with Crippen LogP contribution in [0.25, 0.3) is 0 Å². The molecule has 1 amide bonds. The van der Waals surface area contributed by atoms with Crippen LogP contribution in [-0.2, 0) is 19.4 Å². The summed E-state index contributed by atoms with van der Waals surface area (Å²) in [6, 6.07) is -0.613. The van der Waals surface area contributed by atoms with Gasteiger partial charge in [0.05, 0.1) is 11.8 Å². The van der Waals surface area contributed by atoms with Gasteiger partial charge in [-0.1, -0.05) is 33.6 Å². The predicted molar refractivity (Wildman–Crippen MR) is 75.6 cm³/mol. The highest BCUT2D eigenvalue weighted by Crippen LogP contribution is 2.04. The van der Waals surface area contributed by atoms with Gasteiger partial charge in [0.25, 0.3) is 0 Å². The second-order valence-corrected chi connectivity index (χ2v) is 7.38. The SMILES string of the molecule is CCCCCS(=O)(=O)CC(=O)NC(C(C)=O)C(C)C. The van der Waals surface area contributed by atoms with Gasteiger partial charge in [-0.25, -0.2) is 8.42 Å². The lowest BCUT2D eigenvalue weighted by Gasteiger charge is -2.19. The van der Waals surface area contributed by atoms with Crippen molar-refractivity contribution in [2.45, 2.75) is 53.0 Å². The highest BCUT2D eigenvalue weighted by Gasteiger charge is 2.23. The Morgan fingerprint density at radius 2 is 1.74 bits per heavy atom. The van der Waals surface area contributed by atoms with Gasteiger partial charge in [0.1, 0.15) is 5.75 Å². The van der Waals surface area contributed by atoms with E-state index < -0.39 is 27.5 Å². The number of ketones is 1. The van der Waals surface area contributed by atoms with Gasteiger partial charge in [0, 0.05) is 0 Å². The molecule has 0 fully saturated rings. The van der Waals surface area contributed by atoms with Crippen LogP contribution < -0.4 is 5.32 Å². The Kier molecular flexibility index (Phi) is 7.90. The summed E-state index contributed by atoms with van der Waals surface area (Å²) in [7, 11) is -3.37. The maximum absolute atomic E-state index is 11.7. The van der Waals surface area contributed by atoms with Gasteiger partial charge >= 0.3 is 0 Å². The molecule has 1 unspecified atom stereocenters. The number of amides is 1. The fraction of sp³-hybridized carbons (Fsp3) is 0.846. The first-order valence-corrected chi connectivity index (χ1v) is 8.52. The minimum atomic E-state index is -3.37. The van der Waals surface area contributed by atoms with Crippen molar-refractivity contribution in [3.05, 3.63) is 0 Å². The van der Waals surface area contributed by atoms with E-state index in [4.69, 9.17) is 0 Å². The lowest BCUT2D eigenvalue weighted by atomic mass is 10.0. The number of rotatable bonds is 9. The topological polar surface area (TPSA) is 80.3 Å². The second kappa shape index (κ2) is 8.30. The summed E-state index contributed by atoms with van der Waals surface area (Å²) in [4.78, 5) is 23.0. The minimum absolute atomic E-state index is 0.0284. The van der Waals surface area contributed by atoms with Crippen LogP contribution in [0.2, 0.25) is 0 Å². The van der Waals surface area contributed by atoms with Crippen LogP contribution in [0.3, 0.4) is 0 Å². The van der Waals surface area contributed by atoms with Gasteiger partial charge in [0.2, 0.25) is 5.91 Å². The molecule has 0 spiro atoms. The highest BCUT2D eigenvalue weighted by molar-refractivity contribution is 7.92. The third-order valence-electron chi connectivity index (χ3n) is 2.83. The second-order valence-electron chi connectivity index (χ2n) is 5.20. The fourth-order valence-corrected chi connectivity index (χ4v) is 3.07. The molecule has 0 aromatic carbocycles. The van der Waals surface area contributed by atoms with E-state index in [2.05, 4.69) is 5.32 Å². The molecule has 0 radical (unpaired) electrons. The van der Waals surface area contributed by atoms with Gasteiger partial charge in [-0.3, -0.25) is 9.59 Å². The molecule has 0 aromatic rings. The standard InChI is InChI=1S/C13H25NO4S/c1-5-6-7-8-19(17,18)9-12(16)14-13(10(2)3)11(4)15/h10,13H,5-9H2,1-4H3,(H,14,16). The van der Waals surface area contributed by atoms with Gasteiger partial charge in [-0.05, 0) is 19.3 Å². The molecule has 5 nitrogen and oxygen atoms in total. The molecule has 112 valence electrons. The molecular formula is C13H25NO4S. The average molecular weight is 291 g/mol. The molecule has 19 heavy (non-hydrogen) atoms. The zero-order valence-corrected chi connectivity index (χ0v) is 13.0. The number of hydrogen-bond donors (Lipinski definition) is 1. The number of unbranched alkanes of at least 4 members (excludes halogenated alkanes) is 2. The molecule has 0 rings (SSSR count). The van der Waals surface area contributed by atoms with E-state index in [1.807, 2.05) is 20.8 Å². The van der Waals surface area contributed by atoms with Crippen LogP contribution >= 0.6 is 0 Å². The lowest BCUT2D eigenvalue weighted by Crippen LogP contribution is -2.45. The van der Waals surface area contributed by atoms with Crippen molar-refractivity contribution < 1.29 is 18.0 Å². The third-order valence-corrected chi connectivity index (χ3v) is 4.44. The maximum Gasteiger partial charge on any atom is 0.235 e. The number of hydrogen-bond acceptors (Lipinski definition) is 4. The van der Waals surface area contributed by atoms with Crippen LogP contribution in [0.5, 0.6) is 0 Å². The van der Waals surface area contributed by atoms with Crippen molar-refractivity contribution in [1.29, 1.82) is 0 Å². The average Bonchev–Trinajstić information content (AvgIpc) is 2.24. The van der Waals surface area contributed by atoms with E-state index >= 15 is 0 Å². The lowest BCUT2D eigenvalue weighted by molar-refractivity contribution is -0.126. The zero-order valence-electron chi connectivity index (χ0n) is 12.2. The van der Waals surface area contributed by atoms with E-state index in [0.29, 0.717) is 6.42 Å².